The molecule has 0 radical (unpaired) electrons. The number of hydrogen-bond donors (Lipinski definition) is 1. The Balaban J connectivity index is 1.37. The third-order valence-electron chi connectivity index (χ3n) is 6.98. The molecule has 4 heterocycles. The molecule has 0 saturated carbocycles. The molecule has 7 heteroatoms. The van der Waals surface area contributed by atoms with Crippen LogP contribution in [0, 0.1) is 11.7 Å². The van der Waals surface area contributed by atoms with Crippen LogP contribution in [0.3, 0.4) is 0 Å². The number of anilines is 1. The van der Waals surface area contributed by atoms with Crippen molar-refractivity contribution in [3.8, 4) is 28.3 Å². The number of benzene rings is 2. The maximum Gasteiger partial charge on any atom is 0.161 e. The SMILES string of the molecule is CN(C)C[C@@H]1CN(c2ccc3c(c2)Cn2cc(-c4ccc(F)cc4)cc2-c2nccn2-3)CC1O. The first-order valence-corrected chi connectivity index (χ1v) is 11.7. The van der Waals surface area contributed by atoms with Gasteiger partial charge in [0.2, 0.25) is 0 Å². The highest BCUT2D eigenvalue weighted by molar-refractivity contribution is 5.72. The van der Waals surface area contributed by atoms with Gasteiger partial charge in [0.15, 0.2) is 5.82 Å². The molecular weight excluding hydrogens is 429 g/mol. The van der Waals surface area contributed by atoms with Gasteiger partial charge >= 0.3 is 0 Å². The van der Waals surface area contributed by atoms with Crippen LogP contribution in [0.15, 0.2) is 67.1 Å². The van der Waals surface area contributed by atoms with Crippen molar-refractivity contribution >= 4 is 5.69 Å². The predicted octanol–water partition coefficient (Wildman–Crippen LogP) is 3.87. The number of aromatic nitrogens is 3. The van der Waals surface area contributed by atoms with Crippen LogP contribution in [0.1, 0.15) is 5.56 Å². The van der Waals surface area contributed by atoms with Crippen LogP contribution in [-0.2, 0) is 6.54 Å². The number of imidazole rings is 1. The summed E-state index contributed by atoms with van der Waals surface area (Å²) in [6.45, 7) is 3.08. The van der Waals surface area contributed by atoms with Crippen LogP contribution >= 0.6 is 0 Å². The Morgan fingerprint density at radius 3 is 2.68 bits per heavy atom. The van der Waals surface area contributed by atoms with Gasteiger partial charge in [-0.1, -0.05) is 12.1 Å². The summed E-state index contributed by atoms with van der Waals surface area (Å²) >= 11 is 0. The summed E-state index contributed by atoms with van der Waals surface area (Å²) in [5.41, 5.74) is 6.50. The minimum atomic E-state index is -0.323. The third-order valence-corrected chi connectivity index (χ3v) is 6.98. The molecule has 4 aromatic rings. The number of nitrogens with zero attached hydrogens (tertiary/aromatic N) is 5. The van der Waals surface area contributed by atoms with Crippen LogP contribution < -0.4 is 4.90 Å². The van der Waals surface area contributed by atoms with Gasteiger partial charge in [-0.15, -0.1) is 0 Å². The maximum atomic E-state index is 13.4. The van der Waals surface area contributed by atoms with E-state index < -0.39 is 0 Å². The Morgan fingerprint density at radius 2 is 1.88 bits per heavy atom. The van der Waals surface area contributed by atoms with Gasteiger partial charge in [0.05, 0.1) is 17.5 Å². The average Bonchev–Trinajstić information content (AvgIpc) is 3.52. The highest BCUT2D eigenvalue weighted by atomic mass is 19.1. The zero-order chi connectivity index (χ0) is 23.4. The Labute approximate surface area is 198 Å². The average molecular weight is 458 g/mol. The van der Waals surface area contributed by atoms with E-state index in [0.717, 1.165) is 47.1 Å². The van der Waals surface area contributed by atoms with Crippen LogP contribution in [0.4, 0.5) is 10.1 Å². The summed E-state index contributed by atoms with van der Waals surface area (Å²) in [7, 11) is 4.10. The number of β-amino-alcohol motifs (C(OH)–C–C–N with tert-alkyl or cyclic N) is 1. The molecule has 2 aromatic carbocycles. The predicted molar refractivity (Wildman–Crippen MR) is 132 cm³/mol. The summed E-state index contributed by atoms with van der Waals surface area (Å²) in [5, 5.41) is 10.6. The van der Waals surface area contributed by atoms with Crippen LogP contribution in [0.5, 0.6) is 0 Å². The van der Waals surface area contributed by atoms with Gasteiger partial charge in [-0.25, -0.2) is 9.37 Å². The Morgan fingerprint density at radius 1 is 1.06 bits per heavy atom. The minimum Gasteiger partial charge on any atom is -0.391 e. The molecule has 2 atom stereocenters. The van der Waals surface area contributed by atoms with Crippen molar-refractivity contribution in [3.63, 3.8) is 0 Å². The van der Waals surface area contributed by atoms with Crippen molar-refractivity contribution in [3.05, 3.63) is 78.5 Å². The summed E-state index contributed by atoms with van der Waals surface area (Å²) < 4.78 is 17.8. The molecule has 1 N–H and O–H groups in total. The monoisotopic (exact) mass is 457 g/mol. The molecule has 0 spiro atoms. The largest absolute Gasteiger partial charge is 0.391 e. The fourth-order valence-corrected chi connectivity index (χ4v) is 5.34. The highest BCUT2D eigenvalue weighted by Gasteiger charge is 2.32. The molecule has 2 aliphatic rings. The number of rotatable bonds is 4. The Bertz CT molecular complexity index is 1340. The molecule has 6 nitrogen and oxygen atoms in total. The molecule has 0 amide bonds. The van der Waals surface area contributed by atoms with E-state index in [1.807, 2.05) is 24.5 Å². The maximum absolute atomic E-state index is 13.4. The van der Waals surface area contributed by atoms with Crippen molar-refractivity contribution in [1.29, 1.82) is 0 Å². The van der Waals surface area contributed by atoms with Crippen molar-refractivity contribution in [2.24, 2.45) is 5.92 Å². The van der Waals surface area contributed by atoms with Gasteiger partial charge < -0.3 is 19.5 Å². The molecule has 1 saturated heterocycles. The molecule has 2 aliphatic heterocycles. The number of halogens is 1. The molecule has 0 bridgehead atoms. The Hall–Kier alpha value is -3.42. The van der Waals surface area contributed by atoms with E-state index in [9.17, 15) is 9.50 Å². The Kier molecular flexibility index (Phi) is 5.04. The third kappa shape index (κ3) is 3.61. The van der Waals surface area contributed by atoms with Gasteiger partial charge in [0.25, 0.3) is 0 Å². The molecule has 1 fully saturated rings. The lowest BCUT2D eigenvalue weighted by Gasteiger charge is -2.21. The van der Waals surface area contributed by atoms with Crippen LogP contribution in [-0.4, -0.2) is 64.0 Å². The van der Waals surface area contributed by atoms with Crippen molar-refractivity contribution in [2.75, 3.05) is 38.6 Å². The van der Waals surface area contributed by atoms with Crippen molar-refractivity contribution < 1.29 is 9.50 Å². The summed E-state index contributed by atoms with van der Waals surface area (Å²) in [5.74, 6) is 0.896. The van der Waals surface area contributed by atoms with Gasteiger partial charge in [-0.3, -0.25) is 4.57 Å². The molecule has 174 valence electrons. The molecule has 0 aliphatic carbocycles. The van der Waals surface area contributed by atoms with Crippen molar-refractivity contribution in [1.82, 2.24) is 19.0 Å². The van der Waals surface area contributed by atoms with E-state index in [4.69, 9.17) is 0 Å². The van der Waals surface area contributed by atoms with Gasteiger partial charge in [0.1, 0.15) is 5.82 Å². The van der Waals surface area contributed by atoms with Gasteiger partial charge in [0, 0.05) is 61.9 Å². The lowest BCUT2D eigenvalue weighted by Crippen LogP contribution is -2.29. The highest BCUT2D eigenvalue weighted by Crippen LogP contribution is 2.36. The standard InChI is InChI=1S/C27H28FN5O/c1-30(2)13-21-16-31(17-26(21)34)23-7-8-24-20(11-23)15-32-14-19(18-3-5-22(28)6-4-18)12-25(32)27-29-9-10-33(24)27/h3-12,14,21,26,34H,13,15-17H2,1-2H3/t21-,26?/m1/s1. The molecule has 6 rings (SSSR count). The lowest BCUT2D eigenvalue weighted by atomic mass is 10.1. The van der Waals surface area contributed by atoms with E-state index in [1.54, 1.807) is 0 Å². The van der Waals surface area contributed by atoms with E-state index >= 15 is 0 Å². The first-order valence-electron chi connectivity index (χ1n) is 11.7. The lowest BCUT2D eigenvalue weighted by molar-refractivity contribution is 0.130. The first-order chi connectivity index (χ1) is 16.5. The summed E-state index contributed by atoms with van der Waals surface area (Å²) in [6.07, 6.45) is 5.63. The van der Waals surface area contributed by atoms with Crippen LogP contribution in [0.2, 0.25) is 0 Å². The molecule has 2 aromatic heterocycles. The number of hydrogen-bond acceptors (Lipinski definition) is 4. The summed E-state index contributed by atoms with van der Waals surface area (Å²) in [4.78, 5) is 9.09. The zero-order valence-electron chi connectivity index (χ0n) is 19.4. The van der Waals surface area contributed by atoms with Gasteiger partial charge in [-0.05, 0) is 61.6 Å². The van der Waals surface area contributed by atoms with E-state index in [-0.39, 0.29) is 17.8 Å². The normalized spacial score (nSPS) is 19.1. The smallest absolute Gasteiger partial charge is 0.161 e. The topological polar surface area (TPSA) is 49.5 Å². The van der Waals surface area contributed by atoms with Crippen molar-refractivity contribution in [2.45, 2.75) is 12.6 Å². The van der Waals surface area contributed by atoms with Crippen LogP contribution in [0.25, 0.3) is 28.3 Å². The fourth-order valence-electron chi connectivity index (χ4n) is 5.34. The minimum absolute atomic E-state index is 0.235. The second-order valence-corrected chi connectivity index (χ2v) is 9.68. The second-order valence-electron chi connectivity index (χ2n) is 9.68. The molecular formula is C27H28FN5O. The number of aliphatic hydroxyl groups is 1. The van der Waals surface area contributed by atoms with E-state index in [2.05, 4.69) is 68.5 Å². The summed E-state index contributed by atoms with van der Waals surface area (Å²) in [6, 6.07) is 15.3. The van der Waals surface area contributed by atoms with E-state index in [0.29, 0.717) is 13.1 Å². The quantitative estimate of drug-likeness (QED) is 0.445. The fraction of sp³-hybridized carbons (Fsp3) is 0.296. The second kappa shape index (κ2) is 8.11. The molecule has 34 heavy (non-hydrogen) atoms. The van der Waals surface area contributed by atoms with Gasteiger partial charge in [-0.2, -0.15) is 0 Å². The van der Waals surface area contributed by atoms with E-state index in [1.165, 1.54) is 17.7 Å². The zero-order valence-corrected chi connectivity index (χ0v) is 19.4. The number of aliphatic hydroxyl groups excluding tert-OH is 1. The molecule has 1 unspecified atom stereocenters. The first kappa shape index (κ1) is 21.1. The number of fused-ring (bicyclic) bond motifs is 5.